The van der Waals surface area contributed by atoms with E-state index in [0.29, 0.717) is 0 Å². The Bertz CT molecular complexity index is 467. The van der Waals surface area contributed by atoms with Crippen molar-refractivity contribution in [3.63, 3.8) is 0 Å². The van der Waals surface area contributed by atoms with Gasteiger partial charge in [-0.25, -0.2) is 8.78 Å². The zero-order valence-corrected chi connectivity index (χ0v) is 9.66. The molecule has 0 aromatic heterocycles. The first-order chi connectivity index (χ1) is 8.36. The molecule has 0 radical (unpaired) electrons. The van der Waals surface area contributed by atoms with Crippen LogP contribution in [0.4, 0.5) is 14.5 Å². The number of ether oxygens (including phenoxy) is 1. The summed E-state index contributed by atoms with van der Waals surface area (Å²) in [5.74, 6) is -6.07. The highest BCUT2D eigenvalue weighted by Crippen LogP contribution is 2.25. The van der Waals surface area contributed by atoms with Gasteiger partial charge in [0.15, 0.2) is 17.4 Å². The predicted molar refractivity (Wildman–Crippen MR) is 58.3 cm³/mol. The molecule has 0 bridgehead atoms. The number of carboxylic acids is 1. The fourth-order valence-electron chi connectivity index (χ4n) is 1.19. The highest BCUT2D eigenvalue weighted by Gasteiger charge is 2.21. The number of carbonyl (C=O) groups excluding carboxylic acids is 1. The first-order valence-corrected chi connectivity index (χ1v) is 4.93. The molecule has 0 saturated carbocycles. The zero-order valence-electron chi connectivity index (χ0n) is 9.66. The molecular weight excluding hydrogens is 248 g/mol. The van der Waals surface area contributed by atoms with Gasteiger partial charge in [0, 0.05) is 17.8 Å². The van der Waals surface area contributed by atoms with Crippen LogP contribution in [0.1, 0.15) is 6.92 Å². The summed E-state index contributed by atoms with van der Waals surface area (Å²) < 4.78 is 31.0. The summed E-state index contributed by atoms with van der Waals surface area (Å²) >= 11 is 0. The van der Waals surface area contributed by atoms with Gasteiger partial charge in [-0.1, -0.05) is 0 Å². The zero-order chi connectivity index (χ0) is 13.9. The van der Waals surface area contributed by atoms with Crippen LogP contribution in [0.2, 0.25) is 0 Å². The fraction of sp³-hybridized carbons (Fsp3) is 0.273. The van der Waals surface area contributed by atoms with Gasteiger partial charge < -0.3 is 15.2 Å². The van der Waals surface area contributed by atoms with Gasteiger partial charge in [0.2, 0.25) is 5.91 Å². The molecule has 1 aromatic rings. The van der Waals surface area contributed by atoms with Crippen molar-refractivity contribution in [2.75, 3.05) is 12.4 Å². The van der Waals surface area contributed by atoms with E-state index in [9.17, 15) is 18.4 Å². The molecule has 5 nitrogen and oxygen atoms in total. The second-order valence-corrected chi connectivity index (χ2v) is 3.52. The second kappa shape index (κ2) is 5.44. The number of carbonyl (C=O) groups is 2. The molecule has 7 heteroatoms. The SMILES string of the molecule is COc1c(F)cc(NC(=O)C(C)C(=O)O)cc1F. The van der Waals surface area contributed by atoms with Gasteiger partial charge in [0.25, 0.3) is 0 Å². The first kappa shape index (κ1) is 13.9. The molecule has 1 unspecified atom stereocenters. The highest BCUT2D eigenvalue weighted by molar-refractivity contribution is 6.03. The third-order valence-corrected chi connectivity index (χ3v) is 2.23. The summed E-state index contributed by atoms with van der Waals surface area (Å²) in [5.41, 5.74) is -0.177. The number of anilines is 1. The lowest BCUT2D eigenvalue weighted by atomic mass is 10.1. The third-order valence-electron chi connectivity index (χ3n) is 2.23. The molecule has 0 fully saturated rings. The lowest BCUT2D eigenvalue weighted by molar-refractivity contribution is -0.144. The number of halogens is 2. The number of benzene rings is 1. The number of carboxylic acid groups (broad SMARTS) is 1. The third kappa shape index (κ3) is 2.93. The average molecular weight is 259 g/mol. The molecule has 98 valence electrons. The topological polar surface area (TPSA) is 75.6 Å². The summed E-state index contributed by atoms with van der Waals surface area (Å²) in [6.07, 6.45) is 0. The summed E-state index contributed by atoms with van der Waals surface area (Å²) in [7, 11) is 1.10. The van der Waals surface area contributed by atoms with Gasteiger partial charge in [-0.05, 0) is 6.92 Å². The molecule has 0 aliphatic rings. The van der Waals surface area contributed by atoms with Crippen molar-refractivity contribution in [1.82, 2.24) is 0 Å². The van der Waals surface area contributed by atoms with Crippen LogP contribution in [0.3, 0.4) is 0 Å². The molecule has 2 N–H and O–H groups in total. The number of methoxy groups -OCH3 is 1. The van der Waals surface area contributed by atoms with Crippen molar-refractivity contribution < 1.29 is 28.2 Å². The minimum atomic E-state index is -1.33. The van der Waals surface area contributed by atoms with Crippen molar-refractivity contribution >= 4 is 17.6 Å². The highest BCUT2D eigenvalue weighted by atomic mass is 19.1. The minimum Gasteiger partial charge on any atom is -0.491 e. The molecule has 0 spiro atoms. The van der Waals surface area contributed by atoms with Crippen molar-refractivity contribution in [2.24, 2.45) is 5.92 Å². The Hall–Kier alpha value is -2.18. The van der Waals surface area contributed by atoms with E-state index in [1.807, 2.05) is 0 Å². The Kier molecular flexibility index (Phi) is 4.19. The molecule has 0 aliphatic carbocycles. The normalized spacial score (nSPS) is 11.8. The van der Waals surface area contributed by atoms with E-state index in [1.165, 1.54) is 0 Å². The molecule has 1 rings (SSSR count). The van der Waals surface area contributed by atoms with Crippen LogP contribution in [0.5, 0.6) is 5.75 Å². The van der Waals surface area contributed by atoms with Crippen molar-refractivity contribution in [1.29, 1.82) is 0 Å². The van der Waals surface area contributed by atoms with Crippen LogP contribution in [0.25, 0.3) is 0 Å². The van der Waals surface area contributed by atoms with Crippen LogP contribution in [0, 0.1) is 17.6 Å². The van der Waals surface area contributed by atoms with E-state index in [1.54, 1.807) is 0 Å². The van der Waals surface area contributed by atoms with Gasteiger partial charge in [-0.2, -0.15) is 0 Å². The molecule has 0 heterocycles. The largest absolute Gasteiger partial charge is 0.491 e. The van der Waals surface area contributed by atoms with E-state index in [2.05, 4.69) is 10.1 Å². The number of hydrogen-bond donors (Lipinski definition) is 2. The van der Waals surface area contributed by atoms with Gasteiger partial charge in [-0.3, -0.25) is 9.59 Å². The van der Waals surface area contributed by atoms with Gasteiger partial charge in [0.1, 0.15) is 5.92 Å². The minimum absolute atomic E-state index is 0.177. The van der Waals surface area contributed by atoms with Crippen molar-refractivity contribution in [3.8, 4) is 5.75 Å². The van der Waals surface area contributed by atoms with E-state index in [-0.39, 0.29) is 5.69 Å². The van der Waals surface area contributed by atoms with E-state index >= 15 is 0 Å². The second-order valence-electron chi connectivity index (χ2n) is 3.52. The van der Waals surface area contributed by atoms with Gasteiger partial charge in [0.05, 0.1) is 7.11 Å². The lowest BCUT2D eigenvalue weighted by Gasteiger charge is -2.10. The number of hydrogen-bond acceptors (Lipinski definition) is 3. The Balaban J connectivity index is 2.93. The summed E-state index contributed by atoms with van der Waals surface area (Å²) in [6.45, 7) is 1.16. The monoisotopic (exact) mass is 259 g/mol. The molecule has 18 heavy (non-hydrogen) atoms. The van der Waals surface area contributed by atoms with Crippen LogP contribution < -0.4 is 10.1 Å². The quantitative estimate of drug-likeness (QED) is 0.806. The number of nitrogens with one attached hydrogen (secondary N) is 1. The number of aliphatic carboxylic acids is 1. The smallest absolute Gasteiger partial charge is 0.315 e. The Morgan fingerprint density at radius 1 is 1.33 bits per heavy atom. The lowest BCUT2D eigenvalue weighted by Crippen LogP contribution is -2.27. The molecule has 0 aliphatic heterocycles. The maximum Gasteiger partial charge on any atom is 0.315 e. The summed E-state index contributed by atoms with van der Waals surface area (Å²) in [6, 6.07) is 1.68. The first-order valence-electron chi connectivity index (χ1n) is 4.93. The molecular formula is C11H11F2NO4. The van der Waals surface area contributed by atoms with Crippen LogP contribution in [-0.4, -0.2) is 24.1 Å². The maximum absolute atomic E-state index is 13.3. The van der Waals surface area contributed by atoms with E-state index < -0.39 is 35.2 Å². The van der Waals surface area contributed by atoms with Crippen LogP contribution in [-0.2, 0) is 9.59 Å². The van der Waals surface area contributed by atoms with E-state index in [4.69, 9.17) is 5.11 Å². The summed E-state index contributed by atoms with van der Waals surface area (Å²) in [4.78, 5) is 21.9. The number of amides is 1. The Morgan fingerprint density at radius 2 is 1.83 bits per heavy atom. The van der Waals surface area contributed by atoms with Crippen LogP contribution in [0.15, 0.2) is 12.1 Å². The van der Waals surface area contributed by atoms with Crippen LogP contribution >= 0.6 is 0 Å². The average Bonchev–Trinajstić information content (AvgIpc) is 2.27. The van der Waals surface area contributed by atoms with Crippen molar-refractivity contribution in [2.45, 2.75) is 6.92 Å². The van der Waals surface area contributed by atoms with Gasteiger partial charge >= 0.3 is 5.97 Å². The molecule has 1 aromatic carbocycles. The standard InChI is InChI=1S/C11H11F2NO4/c1-5(11(16)17)10(15)14-6-3-7(12)9(18-2)8(13)4-6/h3-5H,1-2H3,(H,14,15)(H,16,17). The maximum atomic E-state index is 13.3. The van der Waals surface area contributed by atoms with Gasteiger partial charge in [-0.15, -0.1) is 0 Å². The molecule has 1 atom stereocenters. The molecule has 0 saturated heterocycles. The Morgan fingerprint density at radius 3 is 2.22 bits per heavy atom. The molecule has 1 amide bonds. The Labute approximate surface area is 101 Å². The van der Waals surface area contributed by atoms with E-state index in [0.717, 1.165) is 26.2 Å². The fourth-order valence-corrected chi connectivity index (χ4v) is 1.19. The van der Waals surface area contributed by atoms with Crippen molar-refractivity contribution in [3.05, 3.63) is 23.8 Å². The number of rotatable bonds is 4. The predicted octanol–water partition coefficient (Wildman–Crippen LogP) is 1.63. The summed E-state index contributed by atoms with van der Waals surface area (Å²) in [5, 5.41) is 10.7.